The van der Waals surface area contributed by atoms with Gasteiger partial charge in [-0.15, -0.1) is 0 Å². The predicted octanol–water partition coefficient (Wildman–Crippen LogP) is 2.89. The fourth-order valence-electron chi connectivity index (χ4n) is 4.16. The molecule has 1 atom stereocenters. The third-order valence-corrected chi connectivity index (χ3v) is 5.47. The Hall–Kier alpha value is -2.63. The number of carbonyl (C=O) groups is 2. The van der Waals surface area contributed by atoms with Gasteiger partial charge in [-0.25, -0.2) is 9.59 Å². The van der Waals surface area contributed by atoms with Crippen molar-refractivity contribution in [3.8, 4) is 0 Å². The van der Waals surface area contributed by atoms with Gasteiger partial charge in [0.25, 0.3) is 5.91 Å². The number of rotatable bonds is 4. The van der Waals surface area contributed by atoms with Crippen molar-refractivity contribution in [1.29, 1.82) is 0 Å². The van der Waals surface area contributed by atoms with Crippen molar-refractivity contribution >= 4 is 22.9 Å². The van der Waals surface area contributed by atoms with Crippen LogP contribution in [0.3, 0.4) is 0 Å². The molecule has 4 rings (SSSR count). The highest BCUT2D eigenvalue weighted by molar-refractivity contribution is 6.06. The zero-order valence-corrected chi connectivity index (χ0v) is 15.1. The molecular weight excluding hydrogens is 332 g/mol. The molecule has 2 aliphatic rings. The van der Waals surface area contributed by atoms with E-state index in [1.54, 1.807) is 6.92 Å². The molecular formula is C20H22N2O4. The topological polar surface area (TPSA) is 79.6 Å². The quantitative estimate of drug-likeness (QED) is 0.676. The Morgan fingerprint density at radius 1 is 1.15 bits per heavy atom. The van der Waals surface area contributed by atoms with Crippen LogP contribution < -0.4 is 10.9 Å². The summed E-state index contributed by atoms with van der Waals surface area (Å²) in [4.78, 5) is 38.4. The number of urea groups is 1. The highest BCUT2D eigenvalue weighted by Gasteiger charge is 2.47. The summed E-state index contributed by atoms with van der Waals surface area (Å²) in [5.41, 5.74) is 2.30. The maximum Gasteiger partial charge on any atom is 0.336 e. The monoisotopic (exact) mass is 354 g/mol. The molecule has 1 aliphatic carbocycles. The molecule has 1 aromatic heterocycles. The van der Waals surface area contributed by atoms with Gasteiger partial charge in [0.15, 0.2) is 0 Å². The summed E-state index contributed by atoms with van der Waals surface area (Å²) in [6.45, 7) is 3.80. The van der Waals surface area contributed by atoms with Crippen molar-refractivity contribution in [3.63, 3.8) is 0 Å². The molecule has 1 saturated heterocycles. The van der Waals surface area contributed by atoms with Gasteiger partial charge in [0.1, 0.15) is 11.1 Å². The van der Waals surface area contributed by atoms with Gasteiger partial charge in [0.2, 0.25) is 0 Å². The lowest BCUT2D eigenvalue weighted by Gasteiger charge is -2.21. The van der Waals surface area contributed by atoms with Crippen molar-refractivity contribution in [2.75, 3.05) is 0 Å². The van der Waals surface area contributed by atoms with Crippen LogP contribution in [0.25, 0.3) is 11.0 Å². The lowest BCUT2D eigenvalue weighted by Crippen LogP contribution is -2.43. The summed E-state index contributed by atoms with van der Waals surface area (Å²) in [6.07, 6.45) is 4.45. The van der Waals surface area contributed by atoms with Crippen LogP contribution in [-0.2, 0) is 24.2 Å². The molecule has 2 heterocycles. The van der Waals surface area contributed by atoms with E-state index in [9.17, 15) is 14.4 Å². The summed E-state index contributed by atoms with van der Waals surface area (Å²) in [5, 5.41) is 3.59. The molecule has 1 fully saturated rings. The van der Waals surface area contributed by atoms with Gasteiger partial charge in [-0.1, -0.05) is 13.3 Å². The third kappa shape index (κ3) is 2.60. The Labute approximate surface area is 151 Å². The maximum atomic E-state index is 12.8. The van der Waals surface area contributed by atoms with E-state index in [1.807, 2.05) is 19.1 Å². The molecule has 26 heavy (non-hydrogen) atoms. The van der Waals surface area contributed by atoms with Crippen LogP contribution in [0.5, 0.6) is 0 Å². The van der Waals surface area contributed by atoms with Crippen LogP contribution in [0.1, 0.15) is 49.8 Å². The van der Waals surface area contributed by atoms with E-state index >= 15 is 0 Å². The Bertz CT molecular complexity index is 978. The Kier molecular flexibility index (Phi) is 3.86. The first-order valence-corrected chi connectivity index (χ1v) is 9.14. The standard InChI is InChI=1S/C20H22N2O4/c1-3-7-20(2)18(24)22(19(25)21-20)11-14-10-17(23)26-16-9-13-6-4-5-12(13)8-15(14)16/h8-10H,3-7,11H2,1-2H3,(H,21,25)/t20-/m1/s1. The first-order chi connectivity index (χ1) is 12.4. The van der Waals surface area contributed by atoms with Gasteiger partial charge in [0, 0.05) is 11.5 Å². The summed E-state index contributed by atoms with van der Waals surface area (Å²) in [5.74, 6) is -0.244. The first kappa shape index (κ1) is 16.8. The largest absolute Gasteiger partial charge is 0.423 e. The summed E-state index contributed by atoms with van der Waals surface area (Å²) >= 11 is 0. The minimum absolute atomic E-state index is 0.0743. The van der Waals surface area contributed by atoms with Crippen LogP contribution in [0.2, 0.25) is 0 Å². The molecule has 6 heteroatoms. The van der Waals surface area contributed by atoms with E-state index in [4.69, 9.17) is 4.42 Å². The zero-order valence-electron chi connectivity index (χ0n) is 15.1. The molecule has 1 aliphatic heterocycles. The van der Waals surface area contributed by atoms with E-state index in [0.29, 0.717) is 17.6 Å². The second-order valence-electron chi connectivity index (χ2n) is 7.46. The fraction of sp³-hybridized carbons (Fsp3) is 0.450. The Morgan fingerprint density at radius 3 is 2.62 bits per heavy atom. The minimum atomic E-state index is -0.873. The molecule has 1 N–H and O–H groups in total. The SMILES string of the molecule is CCC[C@@]1(C)NC(=O)N(Cc2cc(=O)oc3cc4c(cc23)CCC4)C1=O. The van der Waals surface area contributed by atoms with E-state index in [2.05, 4.69) is 5.32 Å². The fourth-order valence-corrected chi connectivity index (χ4v) is 4.16. The number of carbonyl (C=O) groups excluding carboxylic acids is 2. The molecule has 0 unspecified atom stereocenters. The van der Waals surface area contributed by atoms with E-state index in [0.717, 1.165) is 31.1 Å². The predicted molar refractivity (Wildman–Crippen MR) is 96.9 cm³/mol. The van der Waals surface area contributed by atoms with Crippen molar-refractivity contribution < 1.29 is 14.0 Å². The zero-order chi connectivity index (χ0) is 18.5. The number of fused-ring (bicyclic) bond motifs is 2. The van der Waals surface area contributed by atoms with Gasteiger partial charge < -0.3 is 9.73 Å². The van der Waals surface area contributed by atoms with Crippen LogP contribution in [0, 0.1) is 0 Å². The van der Waals surface area contributed by atoms with Gasteiger partial charge in [-0.05, 0) is 61.4 Å². The molecule has 136 valence electrons. The van der Waals surface area contributed by atoms with E-state index in [-0.39, 0.29) is 12.5 Å². The van der Waals surface area contributed by atoms with Crippen LogP contribution >= 0.6 is 0 Å². The number of hydrogen-bond acceptors (Lipinski definition) is 4. The van der Waals surface area contributed by atoms with Gasteiger partial charge in [-0.2, -0.15) is 0 Å². The minimum Gasteiger partial charge on any atom is -0.423 e. The Balaban J connectivity index is 1.75. The summed E-state index contributed by atoms with van der Waals surface area (Å²) in [7, 11) is 0. The summed E-state index contributed by atoms with van der Waals surface area (Å²) < 4.78 is 5.37. The molecule has 0 radical (unpaired) electrons. The third-order valence-electron chi connectivity index (χ3n) is 5.47. The van der Waals surface area contributed by atoms with Crippen molar-refractivity contribution in [3.05, 3.63) is 45.3 Å². The smallest absolute Gasteiger partial charge is 0.336 e. The van der Waals surface area contributed by atoms with Gasteiger partial charge in [-0.3, -0.25) is 9.69 Å². The Morgan fingerprint density at radius 2 is 1.88 bits per heavy atom. The average molecular weight is 354 g/mol. The molecule has 6 nitrogen and oxygen atoms in total. The molecule has 0 bridgehead atoms. The first-order valence-electron chi connectivity index (χ1n) is 9.14. The number of aryl methyl sites for hydroxylation is 2. The van der Waals surface area contributed by atoms with Gasteiger partial charge >= 0.3 is 11.7 Å². The second kappa shape index (κ2) is 5.97. The van der Waals surface area contributed by atoms with Crippen LogP contribution in [0.4, 0.5) is 4.79 Å². The number of imide groups is 1. The highest BCUT2D eigenvalue weighted by atomic mass is 16.4. The maximum absolute atomic E-state index is 12.8. The van der Waals surface area contributed by atoms with E-state index < -0.39 is 17.2 Å². The lowest BCUT2D eigenvalue weighted by atomic mass is 9.96. The lowest BCUT2D eigenvalue weighted by molar-refractivity contribution is -0.131. The summed E-state index contributed by atoms with van der Waals surface area (Å²) in [6, 6.07) is 4.95. The second-order valence-corrected chi connectivity index (χ2v) is 7.46. The number of hydrogen-bond donors (Lipinski definition) is 1. The average Bonchev–Trinajstić information content (AvgIpc) is 3.11. The molecule has 3 amide bonds. The molecule has 0 saturated carbocycles. The van der Waals surface area contributed by atoms with Crippen LogP contribution in [0.15, 0.2) is 27.4 Å². The van der Waals surface area contributed by atoms with Crippen molar-refractivity contribution in [1.82, 2.24) is 10.2 Å². The van der Waals surface area contributed by atoms with Crippen molar-refractivity contribution in [2.24, 2.45) is 0 Å². The number of nitrogens with zero attached hydrogens (tertiary/aromatic N) is 1. The molecule has 1 aromatic carbocycles. The number of amides is 3. The number of nitrogens with one attached hydrogen (secondary N) is 1. The molecule has 0 spiro atoms. The van der Waals surface area contributed by atoms with Crippen molar-refractivity contribution in [2.45, 2.75) is 58.0 Å². The van der Waals surface area contributed by atoms with E-state index in [1.165, 1.54) is 22.1 Å². The highest BCUT2D eigenvalue weighted by Crippen LogP contribution is 2.30. The molecule has 2 aromatic rings. The normalized spacial score (nSPS) is 22.2. The van der Waals surface area contributed by atoms with Gasteiger partial charge in [0.05, 0.1) is 6.54 Å². The van der Waals surface area contributed by atoms with Crippen LogP contribution in [-0.4, -0.2) is 22.4 Å². The number of benzene rings is 1.